The Morgan fingerprint density at radius 3 is 2.80 bits per heavy atom. The molecule has 0 aromatic heterocycles. The molecule has 0 amide bonds. The van der Waals surface area contributed by atoms with Crippen LogP contribution in [0.25, 0.3) is 0 Å². The zero-order chi connectivity index (χ0) is 14.6. The Balaban J connectivity index is 1.84. The van der Waals surface area contributed by atoms with Gasteiger partial charge in [-0.3, -0.25) is 0 Å². The van der Waals surface area contributed by atoms with Crippen molar-refractivity contribution < 1.29 is 5.11 Å². The maximum atomic E-state index is 10.4. The second kappa shape index (κ2) is 6.97. The molecule has 1 aliphatic rings. The number of nitrogens with zero attached hydrogens (tertiary/aromatic N) is 1. The van der Waals surface area contributed by atoms with E-state index < -0.39 is 0 Å². The molecule has 0 spiro atoms. The summed E-state index contributed by atoms with van der Waals surface area (Å²) >= 11 is 2.07. The summed E-state index contributed by atoms with van der Waals surface area (Å²) in [5.41, 5.74) is 2.27. The molecule has 1 heterocycles. The quantitative estimate of drug-likeness (QED) is 0.917. The van der Waals surface area contributed by atoms with Crippen molar-refractivity contribution in [2.75, 3.05) is 25.4 Å². The lowest BCUT2D eigenvalue weighted by atomic mass is 10.0. The van der Waals surface area contributed by atoms with Crippen molar-refractivity contribution in [3.63, 3.8) is 0 Å². The summed E-state index contributed by atoms with van der Waals surface area (Å²) < 4.78 is 0.406. The van der Waals surface area contributed by atoms with E-state index in [0.29, 0.717) is 4.75 Å². The van der Waals surface area contributed by atoms with Gasteiger partial charge in [0.2, 0.25) is 0 Å². The van der Waals surface area contributed by atoms with E-state index in [1.165, 1.54) is 17.7 Å². The van der Waals surface area contributed by atoms with Gasteiger partial charge in [0.1, 0.15) is 0 Å². The molecule has 0 saturated carbocycles. The van der Waals surface area contributed by atoms with E-state index >= 15 is 0 Å². The number of aryl methyl sites for hydroxylation is 1. The molecule has 1 fully saturated rings. The van der Waals surface area contributed by atoms with Gasteiger partial charge in [-0.1, -0.05) is 38.1 Å². The Morgan fingerprint density at radius 2 is 2.05 bits per heavy atom. The van der Waals surface area contributed by atoms with Crippen molar-refractivity contribution in [1.29, 1.82) is 0 Å². The Hall–Kier alpha value is -0.510. The molecule has 1 aromatic rings. The first-order valence-electron chi connectivity index (χ1n) is 7.58. The number of aliphatic hydroxyl groups is 1. The van der Waals surface area contributed by atoms with Crippen LogP contribution < -0.4 is 0 Å². The Kier molecular flexibility index (Phi) is 5.53. The van der Waals surface area contributed by atoms with Crippen molar-refractivity contribution in [2.24, 2.45) is 0 Å². The van der Waals surface area contributed by atoms with Crippen LogP contribution in [0.3, 0.4) is 0 Å². The SMILES string of the molecule is Cc1ccccc1C(O)CCN1CCSC(C)(C)CC1. The highest BCUT2D eigenvalue weighted by Crippen LogP contribution is 2.31. The van der Waals surface area contributed by atoms with Gasteiger partial charge in [0, 0.05) is 23.6 Å². The van der Waals surface area contributed by atoms with Gasteiger partial charge >= 0.3 is 0 Å². The zero-order valence-electron chi connectivity index (χ0n) is 12.9. The summed E-state index contributed by atoms with van der Waals surface area (Å²) in [5, 5.41) is 10.4. The van der Waals surface area contributed by atoms with Crippen molar-refractivity contribution >= 4 is 11.8 Å². The zero-order valence-corrected chi connectivity index (χ0v) is 13.7. The molecular weight excluding hydrogens is 266 g/mol. The van der Waals surface area contributed by atoms with Gasteiger partial charge in [-0.15, -0.1) is 0 Å². The van der Waals surface area contributed by atoms with Gasteiger partial charge < -0.3 is 10.0 Å². The summed E-state index contributed by atoms with van der Waals surface area (Å²) in [6, 6.07) is 8.15. The van der Waals surface area contributed by atoms with Crippen molar-refractivity contribution in [3.05, 3.63) is 35.4 Å². The van der Waals surface area contributed by atoms with Crippen molar-refractivity contribution in [2.45, 2.75) is 44.5 Å². The van der Waals surface area contributed by atoms with E-state index in [1.54, 1.807) is 0 Å². The first-order chi connectivity index (χ1) is 9.48. The van der Waals surface area contributed by atoms with E-state index in [-0.39, 0.29) is 6.10 Å². The number of hydrogen-bond donors (Lipinski definition) is 1. The number of thioether (sulfide) groups is 1. The predicted octanol–water partition coefficient (Wildman–Crippen LogP) is 3.64. The normalized spacial score (nSPS) is 21.4. The van der Waals surface area contributed by atoms with Crippen LogP contribution in [-0.2, 0) is 0 Å². The molecule has 2 rings (SSSR count). The minimum atomic E-state index is -0.333. The van der Waals surface area contributed by atoms with Crippen molar-refractivity contribution in [1.82, 2.24) is 4.90 Å². The van der Waals surface area contributed by atoms with E-state index in [0.717, 1.165) is 31.6 Å². The van der Waals surface area contributed by atoms with E-state index in [9.17, 15) is 5.11 Å². The Morgan fingerprint density at radius 1 is 1.30 bits per heavy atom. The van der Waals surface area contributed by atoms with Crippen LogP contribution in [0.15, 0.2) is 24.3 Å². The summed E-state index contributed by atoms with van der Waals surface area (Å²) in [6.07, 6.45) is 1.73. The minimum absolute atomic E-state index is 0.333. The van der Waals surface area contributed by atoms with Gasteiger partial charge in [0.25, 0.3) is 0 Å². The molecule has 1 aliphatic heterocycles. The second-order valence-corrected chi connectivity index (χ2v) is 8.16. The van der Waals surface area contributed by atoms with Gasteiger partial charge in [-0.25, -0.2) is 0 Å². The number of benzene rings is 1. The highest BCUT2D eigenvalue weighted by Gasteiger charge is 2.23. The van der Waals surface area contributed by atoms with Crippen molar-refractivity contribution in [3.8, 4) is 0 Å². The smallest absolute Gasteiger partial charge is 0.0804 e. The highest BCUT2D eigenvalue weighted by atomic mass is 32.2. The summed E-state index contributed by atoms with van der Waals surface area (Å²) in [7, 11) is 0. The molecule has 1 N–H and O–H groups in total. The van der Waals surface area contributed by atoms with Crippen LogP contribution >= 0.6 is 11.8 Å². The summed E-state index contributed by atoms with van der Waals surface area (Å²) in [5.74, 6) is 1.20. The monoisotopic (exact) mass is 293 g/mol. The molecule has 3 heteroatoms. The van der Waals surface area contributed by atoms with Crippen LogP contribution in [0.2, 0.25) is 0 Å². The highest BCUT2D eigenvalue weighted by molar-refractivity contribution is 8.00. The number of rotatable bonds is 4. The average Bonchev–Trinajstić information content (AvgIpc) is 2.57. The molecule has 1 saturated heterocycles. The summed E-state index contributed by atoms with van der Waals surface area (Å²) in [6.45, 7) is 10.0. The van der Waals surface area contributed by atoms with Crippen LogP contribution in [-0.4, -0.2) is 40.1 Å². The minimum Gasteiger partial charge on any atom is -0.388 e. The molecule has 1 unspecified atom stereocenters. The first-order valence-corrected chi connectivity index (χ1v) is 8.56. The molecule has 0 aliphatic carbocycles. The largest absolute Gasteiger partial charge is 0.388 e. The van der Waals surface area contributed by atoms with Gasteiger partial charge in [-0.05, 0) is 37.4 Å². The third kappa shape index (κ3) is 4.51. The van der Waals surface area contributed by atoms with Gasteiger partial charge in [0.05, 0.1) is 6.10 Å². The molecule has 0 bridgehead atoms. The van der Waals surface area contributed by atoms with E-state index in [4.69, 9.17) is 0 Å². The van der Waals surface area contributed by atoms with Crippen LogP contribution in [0.5, 0.6) is 0 Å². The Labute approximate surface area is 127 Å². The predicted molar refractivity (Wildman–Crippen MR) is 88.3 cm³/mol. The third-order valence-electron chi connectivity index (χ3n) is 4.20. The molecule has 2 nitrogen and oxygen atoms in total. The maximum absolute atomic E-state index is 10.4. The molecule has 112 valence electrons. The van der Waals surface area contributed by atoms with E-state index in [1.807, 2.05) is 18.2 Å². The van der Waals surface area contributed by atoms with Crippen LogP contribution in [0, 0.1) is 6.92 Å². The van der Waals surface area contributed by atoms with E-state index in [2.05, 4.69) is 43.5 Å². The van der Waals surface area contributed by atoms with Gasteiger partial charge in [0.15, 0.2) is 0 Å². The lowest BCUT2D eigenvalue weighted by Crippen LogP contribution is -2.29. The first kappa shape index (κ1) is 15.9. The molecule has 0 radical (unpaired) electrons. The fraction of sp³-hybridized carbons (Fsp3) is 0.647. The lowest BCUT2D eigenvalue weighted by molar-refractivity contribution is 0.143. The summed E-state index contributed by atoms with van der Waals surface area (Å²) in [4.78, 5) is 2.50. The molecule has 1 aromatic carbocycles. The maximum Gasteiger partial charge on any atom is 0.0804 e. The number of aliphatic hydroxyl groups excluding tert-OH is 1. The van der Waals surface area contributed by atoms with Crippen LogP contribution in [0.4, 0.5) is 0 Å². The molecule has 1 atom stereocenters. The standard InChI is InChI=1S/C17H27NOS/c1-14-6-4-5-7-15(14)16(19)8-10-18-11-9-17(2,3)20-13-12-18/h4-7,16,19H,8-13H2,1-3H3. The van der Waals surface area contributed by atoms with Crippen LogP contribution in [0.1, 0.15) is 43.9 Å². The topological polar surface area (TPSA) is 23.5 Å². The fourth-order valence-corrected chi connectivity index (χ4v) is 3.84. The average molecular weight is 293 g/mol. The van der Waals surface area contributed by atoms with Gasteiger partial charge in [-0.2, -0.15) is 11.8 Å². The Bertz CT molecular complexity index is 433. The molecule has 20 heavy (non-hydrogen) atoms. The lowest BCUT2D eigenvalue weighted by Gasteiger charge is -2.23. The third-order valence-corrected chi connectivity index (χ3v) is 5.57. The number of hydrogen-bond acceptors (Lipinski definition) is 3. The molecular formula is C17H27NOS. The fourth-order valence-electron chi connectivity index (χ4n) is 2.71. The second-order valence-electron chi connectivity index (χ2n) is 6.36.